The number of benzene rings is 1. The fourth-order valence-corrected chi connectivity index (χ4v) is 5.68. The molecule has 0 unspecified atom stereocenters. The van der Waals surface area contributed by atoms with Gasteiger partial charge in [-0.15, -0.1) is 11.3 Å². The lowest BCUT2D eigenvalue weighted by atomic mass is 10.0. The average Bonchev–Trinajstić information content (AvgIpc) is 3.47. The molecule has 2 aromatic heterocycles. The lowest BCUT2D eigenvalue weighted by Gasteiger charge is -2.38. The van der Waals surface area contributed by atoms with Crippen molar-refractivity contribution < 1.29 is 9.53 Å². The maximum Gasteiger partial charge on any atom is 0.227 e. The molecule has 1 aliphatic rings. The predicted octanol–water partition coefficient (Wildman–Crippen LogP) is 5.32. The van der Waals surface area contributed by atoms with E-state index in [4.69, 9.17) is 4.74 Å². The molecule has 0 saturated carbocycles. The van der Waals surface area contributed by atoms with E-state index in [0.717, 1.165) is 63.3 Å². The smallest absolute Gasteiger partial charge is 0.227 e. The summed E-state index contributed by atoms with van der Waals surface area (Å²) in [5.41, 5.74) is 2.16. The SMILES string of the molecule is CCC(=O)N(c1cccnc1)C1CCN(CCc2ccccc2O[C@H](CCNC)c2cccs2)CC1. The van der Waals surface area contributed by atoms with Crippen LogP contribution in [0.5, 0.6) is 5.75 Å². The maximum atomic E-state index is 12.7. The van der Waals surface area contributed by atoms with Gasteiger partial charge >= 0.3 is 0 Å². The van der Waals surface area contributed by atoms with Crippen LogP contribution in [0, 0.1) is 0 Å². The van der Waals surface area contributed by atoms with Gasteiger partial charge in [0, 0.05) is 49.6 Å². The molecule has 0 aliphatic carbocycles. The van der Waals surface area contributed by atoms with Crippen LogP contribution < -0.4 is 15.0 Å². The molecule has 36 heavy (non-hydrogen) atoms. The number of thiophene rings is 1. The number of rotatable bonds is 12. The molecule has 1 atom stereocenters. The lowest BCUT2D eigenvalue weighted by Crippen LogP contribution is -2.48. The largest absolute Gasteiger partial charge is 0.485 e. The van der Waals surface area contributed by atoms with Gasteiger partial charge in [-0.25, -0.2) is 0 Å². The summed E-state index contributed by atoms with van der Waals surface area (Å²) in [4.78, 5) is 22.7. The first kappa shape index (κ1) is 26.3. The van der Waals surface area contributed by atoms with Crippen LogP contribution in [0.1, 0.15) is 49.2 Å². The zero-order chi connectivity index (χ0) is 25.2. The number of pyridine rings is 1. The summed E-state index contributed by atoms with van der Waals surface area (Å²) in [6.45, 7) is 5.81. The predicted molar refractivity (Wildman–Crippen MR) is 148 cm³/mol. The van der Waals surface area contributed by atoms with Crippen molar-refractivity contribution in [2.75, 3.05) is 38.1 Å². The van der Waals surface area contributed by atoms with Crippen LogP contribution in [-0.2, 0) is 11.2 Å². The Bertz CT molecular complexity index is 1050. The van der Waals surface area contributed by atoms with Crippen LogP contribution in [0.15, 0.2) is 66.3 Å². The molecule has 1 N–H and O–H groups in total. The maximum absolute atomic E-state index is 12.7. The number of carbonyl (C=O) groups is 1. The normalized spacial score (nSPS) is 15.5. The van der Waals surface area contributed by atoms with E-state index in [-0.39, 0.29) is 18.1 Å². The molecule has 0 radical (unpaired) electrons. The van der Waals surface area contributed by atoms with Gasteiger partial charge < -0.3 is 19.9 Å². The van der Waals surface area contributed by atoms with E-state index in [1.54, 1.807) is 23.7 Å². The van der Waals surface area contributed by atoms with Gasteiger partial charge in [0.05, 0.1) is 11.9 Å². The van der Waals surface area contributed by atoms with Crippen molar-refractivity contribution in [3.05, 3.63) is 76.7 Å². The number of hydrogen-bond donors (Lipinski definition) is 1. The number of likely N-dealkylation sites (tertiary alicyclic amines) is 1. The van der Waals surface area contributed by atoms with Crippen molar-refractivity contribution in [3.63, 3.8) is 0 Å². The van der Waals surface area contributed by atoms with Gasteiger partial charge in [-0.3, -0.25) is 9.78 Å². The summed E-state index contributed by atoms with van der Waals surface area (Å²) in [5, 5.41) is 5.37. The van der Waals surface area contributed by atoms with Crippen molar-refractivity contribution in [1.82, 2.24) is 15.2 Å². The third-order valence-electron chi connectivity index (χ3n) is 6.87. The Kier molecular flexibility index (Phi) is 9.90. The highest BCUT2D eigenvalue weighted by molar-refractivity contribution is 7.10. The number of hydrogen-bond acceptors (Lipinski definition) is 6. The minimum Gasteiger partial charge on any atom is -0.485 e. The van der Waals surface area contributed by atoms with E-state index < -0.39 is 0 Å². The Balaban J connectivity index is 1.35. The molecule has 4 rings (SSSR count). The average molecular weight is 507 g/mol. The van der Waals surface area contributed by atoms with Crippen LogP contribution in [0.3, 0.4) is 0 Å². The summed E-state index contributed by atoms with van der Waals surface area (Å²) >= 11 is 1.75. The van der Waals surface area contributed by atoms with Gasteiger partial charge in [-0.2, -0.15) is 0 Å². The first-order valence-corrected chi connectivity index (χ1v) is 13.9. The van der Waals surface area contributed by atoms with Crippen molar-refractivity contribution in [1.29, 1.82) is 0 Å². The van der Waals surface area contributed by atoms with Crippen LogP contribution in [0.25, 0.3) is 0 Å². The number of piperidine rings is 1. The summed E-state index contributed by atoms with van der Waals surface area (Å²) in [6, 6.07) is 16.8. The number of nitrogens with one attached hydrogen (secondary N) is 1. The zero-order valence-corrected chi connectivity index (χ0v) is 22.3. The molecule has 1 aromatic carbocycles. The molecule has 1 saturated heterocycles. The van der Waals surface area contributed by atoms with Crippen molar-refractivity contribution >= 4 is 22.9 Å². The molecule has 1 aliphatic heterocycles. The van der Waals surface area contributed by atoms with Crippen LogP contribution in [0.4, 0.5) is 5.69 Å². The molecule has 1 fully saturated rings. The van der Waals surface area contributed by atoms with E-state index in [1.165, 1.54) is 10.4 Å². The summed E-state index contributed by atoms with van der Waals surface area (Å²) in [5.74, 6) is 1.16. The molecule has 6 nitrogen and oxygen atoms in total. The number of para-hydroxylation sites is 1. The summed E-state index contributed by atoms with van der Waals surface area (Å²) in [7, 11) is 1.98. The van der Waals surface area contributed by atoms with Crippen LogP contribution in [0.2, 0.25) is 0 Å². The third-order valence-corrected chi connectivity index (χ3v) is 7.84. The minimum absolute atomic E-state index is 0.0592. The lowest BCUT2D eigenvalue weighted by molar-refractivity contribution is -0.119. The summed E-state index contributed by atoms with van der Waals surface area (Å²) < 4.78 is 6.57. The second-order valence-corrected chi connectivity index (χ2v) is 10.3. The molecule has 3 aromatic rings. The van der Waals surface area contributed by atoms with Gasteiger partial charge in [-0.05, 0) is 68.1 Å². The Morgan fingerprint density at radius 1 is 1.19 bits per heavy atom. The van der Waals surface area contributed by atoms with Crippen molar-refractivity contribution in [3.8, 4) is 5.75 Å². The van der Waals surface area contributed by atoms with Gasteiger partial charge in [0.25, 0.3) is 0 Å². The monoisotopic (exact) mass is 506 g/mol. The Labute approximate surface area is 219 Å². The standard InChI is InChI=1S/C29H38N4O2S/c1-3-29(34)33(25-9-6-16-31-22-25)24-14-19-32(20-15-24)18-13-23-8-4-5-10-26(23)35-27(12-17-30-2)28-11-7-21-36-28/h4-11,16,21-22,24,27,30H,3,12-15,17-20H2,1-2H3/t27-/m1/s1. The number of amides is 1. The number of carbonyl (C=O) groups excluding carboxylic acids is 1. The molecule has 0 bridgehead atoms. The molecule has 192 valence electrons. The van der Waals surface area contributed by atoms with E-state index in [9.17, 15) is 4.79 Å². The third kappa shape index (κ3) is 6.93. The Hall–Kier alpha value is -2.74. The fraction of sp³-hybridized carbons (Fsp3) is 0.448. The first-order chi connectivity index (χ1) is 17.7. The Morgan fingerprint density at radius 2 is 2.03 bits per heavy atom. The van der Waals surface area contributed by atoms with E-state index in [0.29, 0.717) is 6.42 Å². The number of ether oxygens (including phenoxy) is 1. The van der Waals surface area contributed by atoms with Gasteiger partial charge in [0.2, 0.25) is 5.91 Å². The molecule has 0 spiro atoms. The minimum atomic E-state index is 0.0592. The van der Waals surface area contributed by atoms with Crippen LogP contribution >= 0.6 is 11.3 Å². The highest BCUT2D eigenvalue weighted by Gasteiger charge is 2.28. The highest BCUT2D eigenvalue weighted by atomic mass is 32.1. The highest BCUT2D eigenvalue weighted by Crippen LogP contribution is 2.31. The van der Waals surface area contributed by atoms with Crippen molar-refractivity contribution in [2.24, 2.45) is 0 Å². The summed E-state index contributed by atoms with van der Waals surface area (Å²) in [6.07, 6.45) is 7.96. The number of aromatic nitrogens is 1. The molecule has 7 heteroatoms. The Morgan fingerprint density at radius 3 is 2.72 bits per heavy atom. The van der Waals surface area contributed by atoms with Gasteiger partial charge in [-0.1, -0.05) is 31.2 Å². The molecule has 3 heterocycles. The topological polar surface area (TPSA) is 57.7 Å². The van der Waals surface area contributed by atoms with E-state index >= 15 is 0 Å². The van der Waals surface area contributed by atoms with Gasteiger partial charge in [0.1, 0.15) is 11.9 Å². The second-order valence-electron chi connectivity index (χ2n) is 9.27. The van der Waals surface area contributed by atoms with Gasteiger partial charge in [0.15, 0.2) is 0 Å². The quantitative estimate of drug-likeness (QED) is 0.360. The van der Waals surface area contributed by atoms with Crippen molar-refractivity contribution in [2.45, 2.75) is 51.2 Å². The first-order valence-electron chi connectivity index (χ1n) is 13.1. The number of anilines is 1. The fourth-order valence-electron chi connectivity index (χ4n) is 4.89. The van der Waals surface area contributed by atoms with E-state index in [2.05, 4.69) is 57.0 Å². The zero-order valence-electron chi connectivity index (χ0n) is 21.4. The second kappa shape index (κ2) is 13.5. The number of nitrogens with zero attached hydrogens (tertiary/aromatic N) is 3. The molecular formula is C29H38N4O2S. The van der Waals surface area contributed by atoms with Crippen LogP contribution in [-0.4, -0.2) is 55.1 Å². The molecule has 1 amide bonds. The molecular weight excluding hydrogens is 468 g/mol. The van der Waals surface area contributed by atoms with E-state index in [1.807, 2.05) is 31.0 Å².